The first-order chi connectivity index (χ1) is 14.7. The Bertz CT molecular complexity index is 981. The number of ether oxygens (including phenoxy) is 1. The van der Waals surface area contributed by atoms with Crippen molar-refractivity contribution in [2.75, 3.05) is 57.4 Å². The third-order valence-corrected chi connectivity index (χ3v) is 7.21. The molecule has 0 bridgehead atoms. The van der Waals surface area contributed by atoms with Gasteiger partial charge in [0.05, 0.1) is 29.5 Å². The molecule has 1 atom stereocenters. The number of hydrogen-bond acceptors (Lipinski definition) is 8. The Morgan fingerprint density at radius 2 is 1.97 bits per heavy atom. The second kappa shape index (κ2) is 8.76. The van der Waals surface area contributed by atoms with Crippen LogP contribution in [0.4, 0.5) is 5.82 Å². The summed E-state index contributed by atoms with van der Waals surface area (Å²) in [5, 5.41) is 0.314. The summed E-state index contributed by atoms with van der Waals surface area (Å²) in [6, 6.07) is 2.50. The van der Waals surface area contributed by atoms with Gasteiger partial charge in [-0.15, -0.1) is 11.3 Å². The fourth-order valence-corrected chi connectivity index (χ4v) is 5.54. The Balaban J connectivity index is 1.27. The van der Waals surface area contributed by atoms with Gasteiger partial charge in [0.2, 0.25) is 5.28 Å². The first kappa shape index (κ1) is 20.1. The second-order valence-electron chi connectivity index (χ2n) is 7.81. The summed E-state index contributed by atoms with van der Waals surface area (Å²) in [5.41, 5.74) is 0.946. The summed E-state index contributed by atoms with van der Waals surface area (Å²) < 4.78 is 6.61. The number of H-pyrrole nitrogens is 1. The lowest BCUT2D eigenvalue weighted by atomic mass is 10.2. The maximum absolute atomic E-state index is 6.23. The van der Waals surface area contributed by atoms with E-state index in [1.807, 2.05) is 12.4 Å². The van der Waals surface area contributed by atoms with Crippen LogP contribution in [0.3, 0.4) is 0 Å². The van der Waals surface area contributed by atoms with E-state index in [0.717, 1.165) is 80.9 Å². The molecule has 30 heavy (non-hydrogen) atoms. The molecule has 3 aromatic rings. The average molecular weight is 448 g/mol. The molecule has 0 amide bonds. The number of nitrogens with zero attached hydrogens (tertiary/aromatic N) is 6. The van der Waals surface area contributed by atoms with Gasteiger partial charge >= 0.3 is 0 Å². The molecule has 0 spiro atoms. The topological polar surface area (TPSA) is 73.4 Å². The van der Waals surface area contributed by atoms with Crippen LogP contribution in [0.25, 0.3) is 10.2 Å². The van der Waals surface area contributed by atoms with Crippen LogP contribution in [-0.4, -0.2) is 82.2 Å². The van der Waals surface area contributed by atoms with E-state index in [9.17, 15) is 0 Å². The van der Waals surface area contributed by atoms with Gasteiger partial charge < -0.3 is 14.6 Å². The SMILES string of the molecule is CC(c1ncc[nH]1)N1CCN(Cc2cc3nc(Cl)nc(N4CCOCC4)c3s2)CC1. The molecule has 2 aliphatic heterocycles. The van der Waals surface area contributed by atoms with Crippen molar-refractivity contribution < 1.29 is 4.74 Å². The zero-order valence-corrected chi connectivity index (χ0v) is 18.6. The van der Waals surface area contributed by atoms with Crippen molar-refractivity contribution in [2.24, 2.45) is 0 Å². The van der Waals surface area contributed by atoms with Crippen LogP contribution in [0.15, 0.2) is 18.5 Å². The molecule has 160 valence electrons. The van der Waals surface area contributed by atoms with Crippen LogP contribution < -0.4 is 4.90 Å². The summed E-state index contributed by atoms with van der Waals surface area (Å²) in [6.07, 6.45) is 3.72. The third kappa shape index (κ3) is 4.17. The number of aromatic nitrogens is 4. The highest BCUT2D eigenvalue weighted by molar-refractivity contribution is 7.19. The maximum atomic E-state index is 6.23. The van der Waals surface area contributed by atoms with E-state index in [0.29, 0.717) is 11.3 Å². The molecule has 8 nitrogen and oxygen atoms in total. The van der Waals surface area contributed by atoms with Gasteiger partial charge in [0, 0.05) is 63.1 Å². The molecule has 2 fully saturated rings. The van der Waals surface area contributed by atoms with Crippen LogP contribution >= 0.6 is 22.9 Å². The lowest BCUT2D eigenvalue weighted by molar-refractivity contribution is 0.0957. The molecule has 1 N–H and O–H groups in total. The Labute approximate surface area is 184 Å². The summed E-state index contributed by atoms with van der Waals surface area (Å²) in [7, 11) is 0. The van der Waals surface area contributed by atoms with Crippen LogP contribution in [0.5, 0.6) is 0 Å². The molecule has 2 aliphatic rings. The third-order valence-electron chi connectivity index (χ3n) is 5.94. The minimum absolute atomic E-state index is 0.314. The molecule has 0 radical (unpaired) electrons. The molecule has 0 aromatic carbocycles. The van der Waals surface area contributed by atoms with E-state index in [1.165, 1.54) is 4.88 Å². The van der Waals surface area contributed by atoms with E-state index in [2.05, 4.69) is 47.6 Å². The quantitative estimate of drug-likeness (QED) is 0.603. The number of rotatable bonds is 5. The lowest BCUT2D eigenvalue weighted by Crippen LogP contribution is -2.46. The highest BCUT2D eigenvalue weighted by Crippen LogP contribution is 2.34. The van der Waals surface area contributed by atoms with E-state index >= 15 is 0 Å². The van der Waals surface area contributed by atoms with Crippen molar-refractivity contribution in [3.63, 3.8) is 0 Å². The van der Waals surface area contributed by atoms with E-state index in [4.69, 9.17) is 16.3 Å². The van der Waals surface area contributed by atoms with Gasteiger partial charge in [-0.25, -0.2) is 9.97 Å². The molecule has 3 aromatic heterocycles. The number of imidazole rings is 1. The van der Waals surface area contributed by atoms with Crippen molar-refractivity contribution in [3.05, 3.63) is 34.4 Å². The number of thiophene rings is 1. The standard InChI is InChI=1S/C20H26ClN7OS/c1-14(18-22-2-3-23-18)27-6-4-26(5-7-27)13-15-12-16-17(30-15)19(25-20(21)24-16)28-8-10-29-11-9-28/h2-3,12,14H,4-11,13H2,1H3,(H,22,23). The molecule has 0 aliphatic carbocycles. The van der Waals surface area contributed by atoms with Crippen molar-refractivity contribution in [1.29, 1.82) is 0 Å². The van der Waals surface area contributed by atoms with Crippen LogP contribution in [0.1, 0.15) is 23.7 Å². The number of fused-ring (bicyclic) bond motifs is 1. The molecule has 5 rings (SSSR count). The summed E-state index contributed by atoms with van der Waals surface area (Å²) in [6.45, 7) is 10.4. The number of hydrogen-bond donors (Lipinski definition) is 1. The van der Waals surface area contributed by atoms with E-state index in [-0.39, 0.29) is 0 Å². The average Bonchev–Trinajstić information content (AvgIpc) is 3.44. The smallest absolute Gasteiger partial charge is 0.224 e. The van der Waals surface area contributed by atoms with E-state index < -0.39 is 0 Å². The number of piperazine rings is 1. The second-order valence-corrected chi connectivity index (χ2v) is 9.28. The zero-order chi connectivity index (χ0) is 20.5. The summed E-state index contributed by atoms with van der Waals surface area (Å²) in [5.74, 6) is 1.99. The number of anilines is 1. The molecule has 10 heteroatoms. The van der Waals surface area contributed by atoms with Gasteiger partial charge in [0.15, 0.2) is 5.82 Å². The Morgan fingerprint density at radius 1 is 1.17 bits per heavy atom. The molecular weight excluding hydrogens is 422 g/mol. The minimum Gasteiger partial charge on any atom is -0.378 e. The highest BCUT2D eigenvalue weighted by Gasteiger charge is 2.24. The van der Waals surface area contributed by atoms with Gasteiger partial charge in [0.25, 0.3) is 0 Å². The first-order valence-corrected chi connectivity index (χ1v) is 11.6. The normalized spacial score (nSPS) is 20.1. The number of morpholine rings is 1. The van der Waals surface area contributed by atoms with Crippen molar-refractivity contribution in [2.45, 2.75) is 19.5 Å². The predicted octanol–water partition coefficient (Wildman–Crippen LogP) is 2.78. The first-order valence-electron chi connectivity index (χ1n) is 10.4. The highest BCUT2D eigenvalue weighted by atomic mass is 35.5. The number of aromatic amines is 1. The Morgan fingerprint density at radius 3 is 2.70 bits per heavy atom. The van der Waals surface area contributed by atoms with Crippen LogP contribution in [0.2, 0.25) is 5.28 Å². The lowest BCUT2D eigenvalue weighted by Gasteiger charge is -2.37. The van der Waals surface area contributed by atoms with Crippen molar-refractivity contribution in [1.82, 2.24) is 29.7 Å². The molecule has 1 unspecified atom stereocenters. The minimum atomic E-state index is 0.314. The monoisotopic (exact) mass is 447 g/mol. The van der Waals surface area contributed by atoms with E-state index in [1.54, 1.807) is 11.3 Å². The van der Waals surface area contributed by atoms with Gasteiger partial charge in [-0.05, 0) is 24.6 Å². The van der Waals surface area contributed by atoms with Crippen LogP contribution in [-0.2, 0) is 11.3 Å². The molecular formula is C20H26ClN7OS. The number of halogens is 1. The predicted molar refractivity (Wildman–Crippen MR) is 119 cm³/mol. The molecule has 2 saturated heterocycles. The van der Waals surface area contributed by atoms with Gasteiger partial charge in [-0.2, -0.15) is 4.98 Å². The maximum Gasteiger partial charge on any atom is 0.224 e. The summed E-state index contributed by atoms with van der Waals surface area (Å²) >= 11 is 8.02. The van der Waals surface area contributed by atoms with Gasteiger partial charge in [-0.3, -0.25) is 9.80 Å². The van der Waals surface area contributed by atoms with Gasteiger partial charge in [0.1, 0.15) is 5.82 Å². The molecule has 0 saturated carbocycles. The number of nitrogens with one attached hydrogen (secondary N) is 1. The van der Waals surface area contributed by atoms with Crippen molar-refractivity contribution >= 4 is 39.0 Å². The Kier molecular flexibility index (Phi) is 5.88. The fourth-order valence-electron chi connectivity index (χ4n) is 4.21. The van der Waals surface area contributed by atoms with Gasteiger partial charge in [-0.1, -0.05) is 0 Å². The van der Waals surface area contributed by atoms with Crippen molar-refractivity contribution in [3.8, 4) is 0 Å². The summed E-state index contributed by atoms with van der Waals surface area (Å²) in [4.78, 5) is 25.2. The molecule has 5 heterocycles. The largest absolute Gasteiger partial charge is 0.378 e. The van der Waals surface area contributed by atoms with Crippen LogP contribution in [0, 0.1) is 0 Å². The Hall–Kier alpha value is -1.78. The fraction of sp³-hybridized carbons (Fsp3) is 0.550. The zero-order valence-electron chi connectivity index (χ0n) is 17.1.